The second-order valence-corrected chi connectivity index (χ2v) is 4.72. The van der Waals surface area contributed by atoms with E-state index in [4.69, 9.17) is 0 Å². The minimum absolute atomic E-state index is 0.0686. The molecule has 0 radical (unpaired) electrons. The SMILES string of the molecule is O=C1CN(Cc2cn3ccsc3n2)C(=O)CN1. The summed E-state index contributed by atoms with van der Waals surface area (Å²) in [6.07, 6.45) is 3.80. The van der Waals surface area contributed by atoms with Gasteiger partial charge in [0.15, 0.2) is 4.96 Å². The smallest absolute Gasteiger partial charge is 0.242 e. The van der Waals surface area contributed by atoms with E-state index >= 15 is 0 Å². The van der Waals surface area contributed by atoms with Crippen molar-refractivity contribution in [3.8, 4) is 0 Å². The van der Waals surface area contributed by atoms with Crippen molar-refractivity contribution in [2.75, 3.05) is 13.1 Å². The molecule has 7 heteroatoms. The van der Waals surface area contributed by atoms with Gasteiger partial charge >= 0.3 is 0 Å². The summed E-state index contributed by atoms with van der Waals surface area (Å²) in [6, 6.07) is 0. The minimum atomic E-state index is -0.120. The van der Waals surface area contributed by atoms with Gasteiger partial charge in [-0.3, -0.25) is 14.0 Å². The van der Waals surface area contributed by atoms with Crippen molar-refractivity contribution in [3.05, 3.63) is 23.5 Å². The molecule has 6 nitrogen and oxygen atoms in total. The largest absolute Gasteiger partial charge is 0.345 e. The third kappa shape index (κ3) is 1.89. The number of rotatable bonds is 2. The Kier molecular flexibility index (Phi) is 2.32. The number of fused-ring (bicyclic) bond motifs is 1. The number of piperazine rings is 1. The van der Waals surface area contributed by atoms with Crippen LogP contribution in [0.1, 0.15) is 5.69 Å². The molecule has 0 unspecified atom stereocenters. The van der Waals surface area contributed by atoms with Crippen molar-refractivity contribution in [2.24, 2.45) is 0 Å². The zero-order chi connectivity index (χ0) is 11.8. The van der Waals surface area contributed by atoms with Crippen LogP contribution in [0.4, 0.5) is 0 Å². The third-order valence-electron chi connectivity index (χ3n) is 2.62. The van der Waals surface area contributed by atoms with E-state index in [9.17, 15) is 9.59 Å². The lowest BCUT2D eigenvalue weighted by atomic mass is 10.3. The Morgan fingerprint density at radius 2 is 2.35 bits per heavy atom. The predicted molar refractivity (Wildman–Crippen MR) is 61.5 cm³/mol. The van der Waals surface area contributed by atoms with Crippen LogP contribution >= 0.6 is 11.3 Å². The second-order valence-electron chi connectivity index (χ2n) is 3.85. The number of nitrogens with one attached hydrogen (secondary N) is 1. The Bertz CT molecular complexity index is 559. The Morgan fingerprint density at radius 1 is 1.47 bits per heavy atom. The number of nitrogens with zero attached hydrogens (tertiary/aromatic N) is 3. The highest BCUT2D eigenvalue weighted by atomic mass is 32.1. The first-order valence-corrected chi connectivity index (χ1v) is 6.06. The fourth-order valence-corrected chi connectivity index (χ4v) is 2.51. The van der Waals surface area contributed by atoms with Gasteiger partial charge in [-0.2, -0.15) is 0 Å². The molecule has 2 aromatic heterocycles. The van der Waals surface area contributed by atoms with Crippen LogP contribution in [0.2, 0.25) is 0 Å². The standard InChI is InChI=1S/C10H10N4O2S/c15-8-6-14(9(16)3-11-8)5-7-4-13-1-2-17-10(13)12-7/h1-2,4H,3,5-6H2,(H,11,15). The number of hydrogen-bond donors (Lipinski definition) is 1. The number of amides is 2. The molecule has 2 aromatic rings. The molecule has 1 N–H and O–H groups in total. The molecule has 0 aromatic carbocycles. The summed E-state index contributed by atoms with van der Waals surface area (Å²) in [5, 5.41) is 4.47. The first-order valence-electron chi connectivity index (χ1n) is 5.18. The lowest BCUT2D eigenvalue weighted by Gasteiger charge is -2.25. The van der Waals surface area contributed by atoms with Gasteiger partial charge in [0.25, 0.3) is 0 Å². The molecule has 1 aliphatic rings. The van der Waals surface area contributed by atoms with Crippen LogP contribution in [0.3, 0.4) is 0 Å². The Morgan fingerprint density at radius 3 is 3.18 bits per heavy atom. The highest BCUT2D eigenvalue weighted by Gasteiger charge is 2.23. The zero-order valence-corrected chi connectivity index (χ0v) is 9.74. The van der Waals surface area contributed by atoms with E-state index in [1.807, 2.05) is 22.2 Å². The molecule has 0 bridgehead atoms. The van der Waals surface area contributed by atoms with Gasteiger partial charge < -0.3 is 10.2 Å². The van der Waals surface area contributed by atoms with E-state index in [0.29, 0.717) is 6.54 Å². The summed E-state index contributed by atoms with van der Waals surface area (Å²) in [5.41, 5.74) is 0.805. The lowest BCUT2D eigenvalue weighted by molar-refractivity contribution is -0.141. The molecule has 1 saturated heterocycles. The number of aromatic nitrogens is 2. The summed E-state index contributed by atoms with van der Waals surface area (Å²) in [7, 11) is 0. The summed E-state index contributed by atoms with van der Waals surface area (Å²) >= 11 is 1.54. The maximum atomic E-state index is 11.6. The molecule has 3 heterocycles. The lowest BCUT2D eigenvalue weighted by Crippen LogP contribution is -2.51. The minimum Gasteiger partial charge on any atom is -0.345 e. The van der Waals surface area contributed by atoms with E-state index < -0.39 is 0 Å². The molecular formula is C10H10N4O2S. The maximum absolute atomic E-state index is 11.6. The van der Waals surface area contributed by atoms with E-state index in [0.717, 1.165) is 10.7 Å². The summed E-state index contributed by atoms with van der Waals surface area (Å²) in [4.78, 5) is 29.6. The van der Waals surface area contributed by atoms with E-state index in [1.165, 1.54) is 4.90 Å². The molecule has 2 amide bonds. The van der Waals surface area contributed by atoms with Gasteiger partial charge in [0.05, 0.1) is 25.3 Å². The molecule has 1 aliphatic heterocycles. The van der Waals surface area contributed by atoms with Crippen molar-refractivity contribution in [3.63, 3.8) is 0 Å². The summed E-state index contributed by atoms with van der Waals surface area (Å²) in [5.74, 6) is -0.188. The van der Waals surface area contributed by atoms with Gasteiger partial charge in [0.2, 0.25) is 11.8 Å². The van der Waals surface area contributed by atoms with Crippen LogP contribution in [0.15, 0.2) is 17.8 Å². The first kappa shape index (κ1) is 10.3. The highest BCUT2D eigenvalue weighted by Crippen LogP contribution is 2.13. The summed E-state index contributed by atoms with van der Waals surface area (Å²) in [6.45, 7) is 0.589. The number of carbonyl (C=O) groups excluding carboxylic acids is 2. The van der Waals surface area contributed by atoms with Crippen molar-refractivity contribution in [1.29, 1.82) is 0 Å². The Hall–Kier alpha value is -1.89. The molecule has 1 fully saturated rings. The summed E-state index contributed by atoms with van der Waals surface area (Å²) < 4.78 is 1.91. The average molecular weight is 250 g/mol. The van der Waals surface area contributed by atoms with E-state index in [1.54, 1.807) is 11.3 Å². The van der Waals surface area contributed by atoms with Crippen molar-refractivity contribution >= 4 is 28.1 Å². The fraction of sp³-hybridized carbons (Fsp3) is 0.300. The molecule has 0 saturated carbocycles. The van der Waals surface area contributed by atoms with Crippen molar-refractivity contribution in [1.82, 2.24) is 19.6 Å². The molecule has 0 spiro atoms. The monoisotopic (exact) mass is 250 g/mol. The van der Waals surface area contributed by atoms with Gasteiger partial charge in [0, 0.05) is 17.8 Å². The van der Waals surface area contributed by atoms with Crippen LogP contribution in [0, 0.1) is 0 Å². The Labute approximate surface area is 101 Å². The topological polar surface area (TPSA) is 66.7 Å². The Balaban J connectivity index is 1.79. The second kappa shape index (κ2) is 3.85. The number of thiazole rings is 1. The van der Waals surface area contributed by atoms with Crippen LogP contribution in [-0.4, -0.2) is 39.2 Å². The van der Waals surface area contributed by atoms with Crippen molar-refractivity contribution < 1.29 is 9.59 Å². The van der Waals surface area contributed by atoms with Gasteiger partial charge in [-0.05, 0) is 0 Å². The van der Waals surface area contributed by atoms with Crippen molar-refractivity contribution in [2.45, 2.75) is 6.54 Å². The number of hydrogen-bond acceptors (Lipinski definition) is 4. The van der Waals surface area contributed by atoms with Gasteiger partial charge in [-0.1, -0.05) is 0 Å². The normalized spacial score (nSPS) is 16.6. The van der Waals surface area contributed by atoms with Gasteiger partial charge in [0.1, 0.15) is 0 Å². The molecular weight excluding hydrogens is 240 g/mol. The van der Waals surface area contributed by atoms with Crippen LogP contribution in [-0.2, 0) is 16.1 Å². The van der Waals surface area contributed by atoms with Crippen LogP contribution in [0.5, 0.6) is 0 Å². The quantitative estimate of drug-likeness (QED) is 0.806. The third-order valence-corrected chi connectivity index (χ3v) is 3.39. The van der Waals surface area contributed by atoms with Crippen LogP contribution in [0.25, 0.3) is 4.96 Å². The van der Waals surface area contributed by atoms with E-state index in [2.05, 4.69) is 10.3 Å². The molecule has 0 atom stereocenters. The molecule has 88 valence electrons. The predicted octanol–water partition coefficient (Wildman–Crippen LogP) is -0.146. The number of carbonyl (C=O) groups is 2. The fourth-order valence-electron chi connectivity index (χ4n) is 1.80. The van der Waals surface area contributed by atoms with Gasteiger partial charge in [-0.15, -0.1) is 11.3 Å². The molecule has 0 aliphatic carbocycles. The zero-order valence-electron chi connectivity index (χ0n) is 8.92. The van der Waals surface area contributed by atoms with Gasteiger partial charge in [-0.25, -0.2) is 4.98 Å². The molecule has 17 heavy (non-hydrogen) atoms. The number of imidazole rings is 1. The van der Waals surface area contributed by atoms with Crippen LogP contribution < -0.4 is 5.32 Å². The maximum Gasteiger partial charge on any atom is 0.242 e. The molecule has 3 rings (SSSR count). The average Bonchev–Trinajstić information content (AvgIpc) is 2.83. The van der Waals surface area contributed by atoms with E-state index in [-0.39, 0.29) is 24.9 Å². The first-order chi connectivity index (χ1) is 8.22. The highest BCUT2D eigenvalue weighted by molar-refractivity contribution is 7.15.